The van der Waals surface area contributed by atoms with Gasteiger partial charge in [0.25, 0.3) is 0 Å². The zero-order valence-corrected chi connectivity index (χ0v) is 14.0. The first-order valence-electron chi connectivity index (χ1n) is 7.41. The van der Waals surface area contributed by atoms with Crippen molar-refractivity contribution < 1.29 is 0 Å². The minimum atomic E-state index is 0.376. The van der Waals surface area contributed by atoms with Gasteiger partial charge in [0.15, 0.2) is 5.11 Å². The monoisotopic (exact) mass is 311 g/mol. The van der Waals surface area contributed by atoms with Crippen molar-refractivity contribution in [2.45, 2.75) is 44.2 Å². The van der Waals surface area contributed by atoms with E-state index in [1.807, 2.05) is 0 Å². The molecule has 1 aromatic heterocycles. The first-order chi connectivity index (χ1) is 9.66. The predicted octanol–water partition coefficient (Wildman–Crippen LogP) is 3.15. The summed E-state index contributed by atoms with van der Waals surface area (Å²) >= 11 is 7.23. The minimum absolute atomic E-state index is 0.376. The van der Waals surface area contributed by atoms with Gasteiger partial charge in [0.1, 0.15) is 0 Å². The van der Waals surface area contributed by atoms with Crippen LogP contribution in [-0.4, -0.2) is 36.7 Å². The van der Waals surface area contributed by atoms with Crippen LogP contribution < -0.4 is 10.6 Å². The molecule has 3 nitrogen and oxygen atoms in total. The molecule has 0 bridgehead atoms. The predicted molar refractivity (Wildman–Crippen MR) is 91.4 cm³/mol. The van der Waals surface area contributed by atoms with Crippen LogP contribution in [0.5, 0.6) is 0 Å². The average molecular weight is 312 g/mol. The third-order valence-corrected chi connectivity index (χ3v) is 5.13. The topological polar surface area (TPSA) is 27.3 Å². The number of hydrogen-bond donors (Lipinski definition) is 2. The normalized spacial score (nSPS) is 17.9. The maximum absolute atomic E-state index is 5.43. The summed E-state index contributed by atoms with van der Waals surface area (Å²) in [7, 11) is 4.23. The van der Waals surface area contributed by atoms with E-state index in [2.05, 4.69) is 47.1 Å². The summed E-state index contributed by atoms with van der Waals surface area (Å²) in [4.78, 5) is 3.62. The second-order valence-corrected chi connectivity index (χ2v) is 7.07. The largest absolute Gasteiger partial charge is 0.361 e. The molecule has 1 heterocycles. The summed E-state index contributed by atoms with van der Waals surface area (Å²) in [5.41, 5.74) is 0. The lowest BCUT2D eigenvalue weighted by Crippen LogP contribution is -2.45. The molecule has 1 aromatic rings. The summed E-state index contributed by atoms with van der Waals surface area (Å²) in [5.74, 6) is 0. The molecule has 5 heteroatoms. The van der Waals surface area contributed by atoms with Gasteiger partial charge in [0.2, 0.25) is 0 Å². The molecule has 1 aliphatic rings. The molecule has 1 saturated carbocycles. The zero-order chi connectivity index (χ0) is 14.4. The van der Waals surface area contributed by atoms with Gasteiger partial charge in [-0.25, -0.2) is 0 Å². The van der Waals surface area contributed by atoms with E-state index in [-0.39, 0.29) is 0 Å². The Balaban J connectivity index is 1.78. The highest BCUT2D eigenvalue weighted by molar-refractivity contribution is 7.80. The Bertz CT molecular complexity index is 397. The summed E-state index contributed by atoms with van der Waals surface area (Å²) < 4.78 is 0. The molecule has 2 N–H and O–H groups in total. The molecule has 1 aliphatic carbocycles. The van der Waals surface area contributed by atoms with E-state index in [1.165, 1.54) is 37.0 Å². The van der Waals surface area contributed by atoms with Gasteiger partial charge in [0.05, 0.1) is 6.04 Å². The van der Waals surface area contributed by atoms with Crippen molar-refractivity contribution in [2.75, 3.05) is 20.6 Å². The SMILES string of the molecule is CN(C)[C@@H](CNC(=S)NC1CCCCC1)c1cccs1. The van der Waals surface area contributed by atoms with Crippen molar-refractivity contribution in [1.29, 1.82) is 0 Å². The molecule has 0 unspecified atom stereocenters. The fraction of sp³-hybridized carbons (Fsp3) is 0.667. The van der Waals surface area contributed by atoms with Crippen LogP contribution in [0, 0.1) is 0 Å². The maximum Gasteiger partial charge on any atom is 0.166 e. The van der Waals surface area contributed by atoms with E-state index in [1.54, 1.807) is 11.3 Å². The second kappa shape index (κ2) is 7.96. The Morgan fingerprint density at radius 1 is 1.40 bits per heavy atom. The van der Waals surface area contributed by atoms with Crippen molar-refractivity contribution >= 4 is 28.7 Å². The van der Waals surface area contributed by atoms with Crippen molar-refractivity contribution in [1.82, 2.24) is 15.5 Å². The van der Waals surface area contributed by atoms with Crippen molar-refractivity contribution in [3.63, 3.8) is 0 Å². The molecule has 0 spiro atoms. The van der Waals surface area contributed by atoms with Gasteiger partial charge in [0, 0.05) is 17.5 Å². The van der Waals surface area contributed by atoms with E-state index in [0.717, 1.165) is 11.7 Å². The quantitative estimate of drug-likeness (QED) is 0.817. The molecule has 112 valence electrons. The van der Waals surface area contributed by atoms with Crippen LogP contribution in [0.2, 0.25) is 0 Å². The fourth-order valence-corrected chi connectivity index (χ4v) is 3.86. The van der Waals surface area contributed by atoms with Crippen LogP contribution in [0.15, 0.2) is 17.5 Å². The Morgan fingerprint density at radius 3 is 2.75 bits per heavy atom. The molecular formula is C15H25N3S2. The molecule has 0 radical (unpaired) electrons. The van der Waals surface area contributed by atoms with Gasteiger partial charge in [-0.2, -0.15) is 0 Å². The van der Waals surface area contributed by atoms with Gasteiger partial charge in [-0.05, 0) is 50.6 Å². The van der Waals surface area contributed by atoms with Crippen LogP contribution in [0.25, 0.3) is 0 Å². The number of thiophene rings is 1. The van der Waals surface area contributed by atoms with E-state index in [4.69, 9.17) is 12.2 Å². The average Bonchev–Trinajstić information content (AvgIpc) is 2.93. The highest BCUT2D eigenvalue weighted by Crippen LogP contribution is 2.22. The van der Waals surface area contributed by atoms with Gasteiger partial charge < -0.3 is 15.5 Å². The summed E-state index contributed by atoms with van der Waals surface area (Å²) in [6, 6.07) is 5.24. The summed E-state index contributed by atoms with van der Waals surface area (Å²) in [6.45, 7) is 0.853. The number of nitrogens with zero attached hydrogens (tertiary/aromatic N) is 1. The number of likely N-dealkylation sites (N-methyl/N-ethyl adjacent to an activating group) is 1. The van der Waals surface area contributed by atoms with E-state index < -0.39 is 0 Å². The molecule has 0 saturated heterocycles. The van der Waals surface area contributed by atoms with E-state index in [0.29, 0.717) is 12.1 Å². The number of hydrogen-bond acceptors (Lipinski definition) is 3. The smallest absolute Gasteiger partial charge is 0.166 e. The van der Waals surface area contributed by atoms with Crippen LogP contribution in [-0.2, 0) is 0 Å². The summed E-state index contributed by atoms with van der Waals surface area (Å²) in [5, 5.41) is 9.78. The third-order valence-electron chi connectivity index (χ3n) is 3.89. The van der Waals surface area contributed by atoms with Crippen molar-refractivity contribution in [2.24, 2.45) is 0 Å². The molecule has 20 heavy (non-hydrogen) atoms. The standard InChI is InChI=1S/C15H25N3S2/c1-18(2)13(14-9-6-10-20-14)11-16-15(19)17-12-7-4-3-5-8-12/h6,9-10,12-13H,3-5,7-8,11H2,1-2H3,(H2,16,17,19)/t13-/m0/s1. The number of nitrogens with one attached hydrogen (secondary N) is 2. The minimum Gasteiger partial charge on any atom is -0.361 e. The first-order valence-corrected chi connectivity index (χ1v) is 8.70. The molecular weight excluding hydrogens is 286 g/mol. The molecule has 1 atom stereocenters. The Kier molecular flexibility index (Phi) is 6.26. The lowest BCUT2D eigenvalue weighted by atomic mass is 9.96. The van der Waals surface area contributed by atoms with Crippen LogP contribution >= 0.6 is 23.6 Å². The lowest BCUT2D eigenvalue weighted by molar-refractivity contribution is 0.302. The first kappa shape index (κ1) is 15.7. The fourth-order valence-electron chi connectivity index (χ4n) is 2.69. The Labute approximate surface area is 131 Å². The molecule has 0 aromatic carbocycles. The molecule has 2 rings (SSSR count). The number of thiocarbonyl (C=S) groups is 1. The maximum atomic E-state index is 5.43. The van der Waals surface area contributed by atoms with Crippen LogP contribution in [0.3, 0.4) is 0 Å². The second-order valence-electron chi connectivity index (χ2n) is 5.68. The Morgan fingerprint density at radius 2 is 2.15 bits per heavy atom. The van der Waals surface area contributed by atoms with Gasteiger partial charge in [-0.15, -0.1) is 11.3 Å². The van der Waals surface area contributed by atoms with Crippen LogP contribution in [0.4, 0.5) is 0 Å². The highest BCUT2D eigenvalue weighted by atomic mass is 32.1. The molecule has 0 aliphatic heterocycles. The van der Waals surface area contributed by atoms with E-state index >= 15 is 0 Å². The zero-order valence-electron chi connectivity index (χ0n) is 12.4. The van der Waals surface area contributed by atoms with Gasteiger partial charge >= 0.3 is 0 Å². The van der Waals surface area contributed by atoms with Crippen molar-refractivity contribution in [3.05, 3.63) is 22.4 Å². The van der Waals surface area contributed by atoms with Gasteiger partial charge in [-0.3, -0.25) is 0 Å². The van der Waals surface area contributed by atoms with Crippen LogP contribution in [0.1, 0.15) is 43.0 Å². The number of rotatable bonds is 5. The third kappa shape index (κ3) is 4.72. The van der Waals surface area contributed by atoms with E-state index in [9.17, 15) is 0 Å². The summed E-state index contributed by atoms with van der Waals surface area (Å²) in [6.07, 6.45) is 6.54. The molecule has 1 fully saturated rings. The molecule has 0 amide bonds. The van der Waals surface area contributed by atoms with Gasteiger partial charge in [-0.1, -0.05) is 25.3 Å². The Hall–Kier alpha value is -0.650. The highest BCUT2D eigenvalue weighted by Gasteiger charge is 2.17. The van der Waals surface area contributed by atoms with Crippen molar-refractivity contribution in [3.8, 4) is 0 Å². The lowest BCUT2D eigenvalue weighted by Gasteiger charge is -2.27.